The third-order valence-electron chi connectivity index (χ3n) is 4.35. The fourth-order valence-corrected chi connectivity index (χ4v) is 2.93. The molecule has 0 radical (unpaired) electrons. The molecule has 2 unspecified atom stereocenters. The molecule has 7 heteroatoms. The number of likely N-dealkylation sites (N-methyl/N-ethyl adjacent to an activating group) is 1. The van der Waals surface area contributed by atoms with Crippen LogP contribution in [-0.2, 0) is 16.1 Å². The molecule has 0 saturated heterocycles. The van der Waals surface area contributed by atoms with Crippen molar-refractivity contribution in [3.05, 3.63) is 53.8 Å². The van der Waals surface area contributed by atoms with E-state index in [9.17, 15) is 14.0 Å². The minimum atomic E-state index is -0.534. The van der Waals surface area contributed by atoms with Crippen LogP contribution in [0.15, 0.2) is 42.5 Å². The number of ether oxygens (including phenoxy) is 1. The first kappa shape index (κ1) is 18.7. The SMILES string of the molecule is CC(Nc1ccc2c(c1)NC(=O)C(C)O2)C(=O)N(C)Cc1cccc(F)c1. The molecule has 1 aliphatic heterocycles. The van der Waals surface area contributed by atoms with E-state index in [0.717, 1.165) is 5.56 Å². The van der Waals surface area contributed by atoms with E-state index in [2.05, 4.69) is 10.6 Å². The Kier molecular flexibility index (Phi) is 5.30. The Labute approximate surface area is 157 Å². The van der Waals surface area contributed by atoms with Gasteiger partial charge in [0.15, 0.2) is 6.10 Å². The Bertz CT molecular complexity index is 871. The van der Waals surface area contributed by atoms with Gasteiger partial charge < -0.3 is 20.3 Å². The highest BCUT2D eigenvalue weighted by Gasteiger charge is 2.24. The van der Waals surface area contributed by atoms with Crippen molar-refractivity contribution >= 4 is 23.2 Å². The molecule has 0 fully saturated rings. The van der Waals surface area contributed by atoms with Gasteiger partial charge in [-0.25, -0.2) is 4.39 Å². The second-order valence-electron chi connectivity index (χ2n) is 6.65. The van der Waals surface area contributed by atoms with E-state index in [-0.39, 0.29) is 17.6 Å². The van der Waals surface area contributed by atoms with E-state index in [4.69, 9.17) is 4.74 Å². The van der Waals surface area contributed by atoms with Gasteiger partial charge in [0.25, 0.3) is 5.91 Å². The molecule has 2 aromatic carbocycles. The van der Waals surface area contributed by atoms with Crippen molar-refractivity contribution in [1.82, 2.24) is 4.90 Å². The van der Waals surface area contributed by atoms with Gasteiger partial charge in [0.05, 0.1) is 5.69 Å². The smallest absolute Gasteiger partial charge is 0.265 e. The lowest BCUT2D eigenvalue weighted by atomic mass is 10.1. The standard InChI is InChI=1S/C20H22FN3O3/c1-12(20(26)24(3)11-14-5-4-6-15(21)9-14)22-16-7-8-18-17(10-16)23-19(25)13(2)27-18/h4-10,12-13,22H,11H2,1-3H3,(H,23,25). The Hall–Kier alpha value is -3.09. The van der Waals surface area contributed by atoms with Crippen molar-refractivity contribution < 1.29 is 18.7 Å². The summed E-state index contributed by atoms with van der Waals surface area (Å²) in [5.74, 6) is -0.0773. The summed E-state index contributed by atoms with van der Waals surface area (Å²) in [6.45, 7) is 3.75. The molecule has 0 aromatic heterocycles. The summed E-state index contributed by atoms with van der Waals surface area (Å²) in [5.41, 5.74) is 1.98. The van der Waals surface area contributed by atoms with Crippen molar-refractivity contribution in [3.8, 4) is 5.75 Å². The van der Waals surface area contributed by atoms with Crippen LogP contribution in [0.4, 0.5) is 15.8 Å². The number of benzene rings is 2. The highest BCUT2D eigenvalue weighted by Crippen LogP contribution is 2.32. The summed E-state index contributed by atoms with van der Waals surface area (Å²) in [6.07, 6.45) is -0.534. The number of rotatable bonds is 5. The molecule has 27 heavy (non-hydrogen) atoms. The van der Waals surface area contributed by atoms with Crippen LogP contribution in [-0.4, -0.2) is 35.9 Å². The quantitative estimate of drug-likeness (QED) is 0.848. The number of hydrogen-bond acceptors (Lipinski definition) is 4. The summed E-state index contributed by atoms with van der Waals surface area (Å²) in [4.78, 5) is 25.9. The van der Waals surface area contributed by atoms with Gasteiger partial charge in [-0.05, 0) is 49.7 Å². The predicted molar refractivity (Wildman–Crippen MR) is 101 cm³/mol. The summed E-state index contributed by atoms with van der Waals surface area (Å²) in [6, 6.07) is 11.0. The van der Waals surface area contributed by atoms with Gasteiger partial charge in [0, 0.05) is 19.3 Å². The van der Waals surface area contributed by atoms with Crippen LogP contribution < -0.4 is 15.4 Å². The molecule has 6 nitrogen and oxygen atoms in total. The van der Waals surface area contributed by atoms with Crippen molar-refractivity contribution in [1.29, 1.82) is 0 Å². The Morgan fingerprint density at radius 1 is 1.33 bits per heavy atom. The van der Waals surface area contributed by atoms with Gasteiger partial charge >= 0.3 is 0 Å². The molecular formula is C20H22FN3O3. The molecule has 142 valence electrons. The first-order valence-electron chi connectivity index (χ1n) is 8.71. The Morgan fingerprint density at radius 3 is 2.85 bits per heavy atom. The summed E-state index contributed by atoms with van der Waals surface area (Å²) >= 11 is 0. The number of nitrogens with one attached hydrogen (secondary N) is 2. The van der Waals surface area contributed by atoms with Crippen LogP contribution in [0.2, 0.25) is 0 Å². The molecule has 2 aromatic rings. The largest absolute Gasteiger partial charge is 0.479 e. The van der Waals surface area contributed by atoms with E-state index < -0.39 is 12.1 Å². The van der Waals surface area contributed by atoms with Crippen LogP contribution in [0.1, 0.15) is 19.4 Å². The fraction of sp³-hybridized carbons (Fsp3) is 0.300. The van der Waals surface area contributed by atoms with Gasteiger partial charge in [-0.2, -0.15) is 0 Å². The maximum absolute atomic E-state index is 13.3. The highest BCUT2D eigenvalue weighted by atomic mass is 19.1. The molecule has 2 N–H and O–H groups in total. The number of carbonyl (C=O) groups excluding carboxylic acids is 2. The molecule has 2 atom stereocenters. The van der Waals surface area contributed by atoms with Crippen LogP contribution in [0, 0.1) is 5.82 Å². The van der Waals surface area contributed by atoms with E-state index in [1.165, 1.54) is 17.0 Å². The highest BCUT2D eigenvalue weighted by molar-refractivity contribution is 5.98. The molecule has 2 amide bonds. The average molecular weight is 371 g/mol. The minimum absolute atomic E-state index is 0.133. The fourth-order valence-electron chi connectivity index (χ4n) is 2.93. The van der Waals surface area contributed by atoms with Crippen molar-refractivity contribution in [2.75, 3.05) is 17.7 Å². The molecule has 3 rings (SSSR count). The number of anilines is 2. The molecular weight excluding hydrogens is 349 g/mol. The molecule has 1 heterocycles. The lowest BCUT2D eigenvalue weighted by Crippen LogP contribution is -2.38. The van der Waals surface area contributed by atoms with Gasteiger partial charge in [-0.1, -0.05) is 12.1 Å². The second-order valence-corrected chi connectivity index (χ2v) is 6.65. The third kappa shape index (κ3) is 4.36. The number of amides is 2. The number of hydrogen-bond donors (Lipinski definition) is 2. The van der Waals surface area contributed by atoms with E-state index in [1.807, 2.05) is 0 Å². The van der Waals surface area contributed by atoms with Crippen LogP contribution in [0.3, 0.4) is 0 Å². The van der Waals surface area contributed by atoms with Crippen LogP contribution in [0.5, 0.6) is 5.75 Å². The lowest BCUT2D eigenvalue weighted by Gasteiger charge is -2.25. The summed E-state index contributed by atoms with van der Waals surface area (Å²) in [7, 11) is 1.67. The third-order valence-corrected chi connectivity index (χ3v) is 4.35. The monoisotopic (exact) mass is 371 g/mol. The first-order chi connectivity index (χ1) is 12.8. The molecule has 0 spiro atoms. The van der Waals surface area contributed by atoms with Crippen LogP contribution in [0.25, 0.3) is 0 Å². The number of halogens is 1. The van der Waals surface area contributed by atoms with E-state index in [1.54, 1.807) is 51.2 Å². The summed E-state index contributed by atoms with van der Waals surface area (Å²) in [5, 5.41) is 5.90. The first-order valence-corrected chi connectivity index (χ1v) is 8.71. The summed E-state index contributed by atoms with van der Waals surface area (Å²) < 4.78 is 18.8. The van der Waals surface area contributed by atoms with Gasteiger partial charge in [-0.15, -0.1) is 0 Å². The Morgan fingerprint density at radius 2 is 2.11 bits per heavy atom. The van der Waals surface area contributed by atoms with E-state index >= 15 is 0 Å². The Balaban J connectivity index is 1.64. The molecule has 1 aliphatic rings. The van der Waals surface area contributed by atoms with Gasteiger partial charge in [-0.3, -0.25) is 9.59 Å². The van der Waals surface area contributed by atoms with Crippen LogP contribution >= 0.6 is 0 Å². The molecule has 0 bridgehead atoms. The van der Waals surface area contributed by atoms with Crippen molar-refractivity contribution in [3.63, 3.8) is 0 Å². The zero-order valence-electron chi connectivity index (χ0n) is 15.5. The number of carbonyl (C=O) groups is 2. The van der Waals surface area contributed by atoms with Gasteiger partial charge in [0.1, 0.15) is 17.6 Å². The molecule has 0 saturated carbocycles. The van der Waals surface area contributed by atoms with Crippen molar-refractivity contribution in [2.24, 2.45) is 0 Å². The zero-order chi connectivity index (χ0) is 19.6. The molecule has 0 aliphatic carbocycles. The van der Waals surface area contributed by atoms with Crippen molar-refractivity contribution in [2.45, 2.75) is 32.5 Å². The average Bonchev–Trinajstić information content (AvgIpc) is 2.62. The maximum Gasteiger partial charge on any atom is 0.265 e. The van der Waals surface area contributed by atoms with E-state index in [0.29, 0.717) is 23.7 Å². The lowest BCUT2D eigenvalue weighted by molar-refractivity contribution is -0.130. The number of fused-ring (bicyclic) bond motifs is 1. The minimum Gasteiger partial charge on any atom is -0.479 e. The number of nitrogens with zero attached hydrogens (tertiary/aromatic N) is 1. The second kappa shape index (κ2) is 7.65. The normalized spacial score (nSPS) is 16.6. The zero-order valence-corrected chi connectivity index (χ0v) is 15.5. The predicted octanol–water partition coefficient (Wildman–Crippen LogP) is 3.00. The maximum atomic E-state index is 13.3. The van der Waals surface area contributed by atoms with Gasteiger partial charge in [0.2, 0.25) is 5.91 Å². The topological polar surface area (TPSA) is 70.7 Å².